The molecular formula is C20H22N2O3. The molecule has 25 heavy (non-hydrogen) atoms. The first kappa shape index (κ1) is 17.0. The van der Waals surface area contributed by atoms with E-state index in [0.29, 0.717) is 18.7 Å². The molecule has 2 amide bonds. The number of hydrogen-bond acceptors (Lipinski definition) is 3. The number of primary amides is 1. The lowest BCUT2D eigenvalue weighted by Crippen LogP contribution is -2.46. The van der Waals surface area contributed by atoms with E-state index >= 15 is 0 Å². The van der Waals surface area contributed by atoms with E-state index in [-0.39, 0.29) is 5.91 Å². The predicted molar refractivity (Wildman–Crippen MR) is 95.3 cm³/mol. The molecule has 2 aromatic carbocycles. The van der Waals surface area contributed by atoms with Gasteiger partial charge >= 0.3 is 0 Å². The number of nitrogens with two attached hydrogens (primary N) is 1. The highest BCUT2D eigenvalue weighted by Crippen LogP contribution is 2.37. The Morgan fingerprint density at radius 2 is 1.72 bits per heavy atom. The van der Waals surface area contributed by atoms with E-state index in [0.717, 1.165) is 11.3 Å². The highest BCUT2D eigenvalue weighted by Gasteiger charge is 2.46. The third-order valence-electron chi connectivity index (χ3n) is 4.94. The maximum absolute atomic E-state index is 12.8. The molecule has 1 saturated heterocycles. The molecule has 0 spiro atoms. The summed E-state index contributed by atoms with van der Waals surface area (Å²) in [6.45, 7) is 4.11. The van der Waals surface area contributed by atoms with Crippen LogP contribution in [0.15, 0.2) is 54.6 Å². The molecule has 0 aliphatic carbocycles. The molecule has 2 atom stereocenters. The number of carbonyl (C=O) groups excluding carboxylic acids is 2. The largest absolute Gasteiger partial charge is 0.457 e. The van der Waals surface area contributed by atoms with E-state index in [1.54, 1.807) is 11.8 Å². The third kappa shape index (κ3) is 3.22. The fraction of sp³-hybridized carbons (Fsp3) is 0.300. The number of ether oxygens (including phenoxy) is 1. The quantitative estimate of drug-likeness (QED) is 0.911. The summed E-state index contributed by atoms with van der Waals surface area (Å²) in [4.78, 5) is 25.8. The number of para-hydroxylation sites is 1. The Hall–Kier alpha value is -2.82. The molecule has 0 radical (unpaired) electrons. The maximum atomic E-state index is 12.8. The lowest BCUT2D eigenvalue weighted by molar-refractivity contribution is -0.138. The van der Waals surface area contributed by atoms with Crippen LogP contribution in [0.2, 0.25) is 0 Å². The number of rotatable bonds is 5. The molecule has 0 saturated carbocycles. The monoisotopic (exact) mass is 338 g/mol. The number of carbonyl (C=O) groups is 2. The number of amides is 2. The minimum atomic E-state index is -0.644. The second-order valence-electron chi connectivity index (χ2n) is 6.60. The van der Waals surface area contributed by atoms with Gasteiger partial charge in [-0.1, -0.05) is 30.3 Å². The Balaban J connectivity index is 1.78. The van der Waals surface area contributed by atoms with Crippen LogP contribution in [0.3, 0.4) is 0 Å². The predicted octanol–water partition coefficient (Wildman–Crippen LogP) is 2.84. The van der Waals surface area contributed by atoms with Crippen LogP contribution in [0.5, 0.6) is 11.5 Å². The highest BCUT2D eigenvalue weighted by molar-refractivity contribution is 5.94. The van der Waals surface area contributed by atoms with Crippen LogP contribution in [0.1, 0.15) is 25.8 Å². The third-order valence-corrected chi connectivity index (χ3v) is 4.94. The molecule has 0 aromatic heterocycles. The van der Waals surface area contributed by atoms with E-state index < -0.39 is 17.4 Å². The van der Waals surface area contributed by atoms with Gasteiger partial charge in [0.15, 0.2) is 0 Å². The second-order valence-corrected chi connectivity index (χ2v) is 6.60. The first-order valence-corrected chi connectivity index (χ1v) is 8.35. The molecule has 5 heteroatoms. The van der Waals surface area contributed by atoms with Crippen LogP contribution >= 0.6 is 0 Å². The SMILES string of the molecule is CC(C(N)=O)N1CCC(C)(c2ccc(Oc3ccccc3)cc2)C1=O. The molecule has 0 bridgehead atoms. The molecular weight excluding hydrogens is 316 g/mol. The summed E-state index contributed by atoms with van der Waals surface area (Å²) in [7, 11) is 0. The molecule has 130 valence electrons. The Bertz CT molecular complexity index is 773. The summed E-state index contributed by atoms with van der Waals surface area (Å²) in [5, 5.41) is 0. The van der Waals surface area contributed by atoms with Crippen molar-refractivity contribution in [1.82, 2.24) is 4.90 Å². The molecule has 2 aromatic rings. The summed E-state index contributed by atoms with van der Waals surface area (Å²) >= 11 is 0. The van der Waals surface area contributed by atoms with E-state index in [9.17, 15) is 9.59 Å². The molecule has 1 heterocycles. The van der Waals surface area contributed by atoms with Crippen LogP contribution < -0.4 is 10.5 Å². The van der Waals surface area contributed by atoms with E-state index in [1.807, 2.05) is 61.5 Å². The maximum Gasteiger partial charge on any atom is 0.239 e. The fourth-order valence-corrected chi connectivity index (χ4v) is 3.18. The Kier molecular flexibility index (Phi) is 4.49. The van der Waals surface area contributed by atoms with Gasteiger partial charge in [-0.2, -0.15) is 0 Å². The van der Waals surface area contributed by atoms with Gasteiger partial charge in [0.05, 0.1) is 5.41 Å². The summed E-state index contributed by atoms with van der Waals surface area (Å²) in [6.07, 6.45) is 0.655. The zero-order valence-electron chi connectivity index (χ0n) is 14.4. The normalized spacial score (nSPS) is 21.2. The van der Waals surface area contributed by atoms with Gasteiger partial charge in [-0.3, -0.25) is 9.59 Å². The van der Waals surface area contributed by atoms with Crippen molar-refractivity contribution in [1.29, 1.82) is 0 Å². The van der Waals surface area contributed by atoms with Gasteiger partial charge in [-0.05, 0) is 50.1 Å². The molecule has 2 N–H and O–H groups in total. The first-order chi connectivity index (χ1) is 11.9. The van der Waals surface area contributed by atoms with Gasteiger partial charge in [0, 0.05) is 6.54 Å². The van der Waals surface area contributed by atoms with Crippen molar-refractivity contribution in [2.75, 3.05) is 6.54 Å². The molecule has 5 nitrogen and oxygen atoms in total. The van der Waals surface area contributed by atoms with Gasteiger partial charge in [-0.25, -0.2) is 0 Å². The van der Waals surface area contributed by atoms with Gasteiger partial charge in [0.1, 0.15) is 17.5 Å². The van der Waals surface area contributed by atoms with Crippen LogP contribution in [0, 0.1) is 0 Å². The summed E-state index contributed by atoms with van der Waals surface area (Å²) < 4.78 is 5.79. The highest BCUT2D eigenvalue weighted by atomic mass is 16.5. The molecule has 1 aliphatic rings. The molecule has 3 rings (SSSR count). The van der Waals surface area contributed by atoms with Crippen molar-refractivity contribution >= 4 is 11.8 Å². The van der Waals surface area contributed by atoms with Crippen LogP contribution in [0.4, 0.5) is 0 Å². The van der Waals surface area contributed by atoms with Gasteiger partial charge in [0.25, 0.3) is 0 Å². The zero-order chi connectivity index (χ0) is 18.0. The van der Waals surface area contributed by atoms with Crippen molar-refractivity contribution in [2.45, 2.75) is 31.7 Å². The second kappa shape index (κ2) is 6.59. The summed E-state index contributed by atoms with van der Waals surface area (Å²) in [5.74, 6) is 0.936. The Labute approximate surface area is 147 Å². The standard InChI is InChI=1S/C20H22N2O3/c1-14(18(21)23)22-13-12-20(2,19(22)24)15-8-10-17(11-9-15)25-16-6-4-3-5-7-16/h3-11,14H,12-13H2,1-2H3,(H2,21,23). The number of hydrogen-bond donors (Lipinski definition) is 1. The van der Waals surface area contributed by atoms with E-state index in [1.165, 1.54) is 0 Å². The van der Waals surface area contributed by atoms with Gasteiger partial charge < -0.3 is 15.4 Å². The van der Waals surface area contributed by atoms with E-state index in [2.05, 4.69) is 0 Å². The first-order valence-electron chi connectivity index (χ1n) is 8.35. The van der Waals surface area contributed by atoms with Gasteiger partial charge in [0.2, 0.25) is 11.8 Å². The molecule has 2 unspecified atom stereocenters. The minimum Gasteiger partial charge on any atom is -0.457 e. The number of benzene rings is 2. The van der Waals surface area contributed by atoms with Crippen molar-refractivity contribution in [3.63, 3.8) is 0 Å². The summed E-state index contributed by atoms with van der Waals surface area (Å²) in [5.41, 5.74) is 5.62. The van der Waals surface area contributed by atoms with Crippen molar-refractivity contribution in [3.8, 4) is 11.5 Å². The Morgan fingerprint density at radius 3 is 2.32 bits per heavy atom. The zero-order valence-corrected chi connectivity index (χ0v) is 14.4. The lowest BCUT2D eigenvalue weighted by Gasteiger charge is -2.26. The number of nitrogens with zero attached hydrogens (tertiary/aromatic N) is 1. The number of likely N-dealkylation sites (tertiary alicyclic amines) is 1. The smallest absolute Gasteiger partial charge is 0.239 e. The van der Waals surface area contributed by atoms with Crippen LogP contribution in [0.25, 0.3) is 0 Å². The van der Waals surface area contributed by atoms with Crippen molar-refractivity contribution in [2.24, 2.45) is 5.73 Å². The Morgan fingerprint density at radius 1 is 1.12 bits per heavy atom. The summed E-state index contributed by atoms with van der Waals surface area (Å²) in [6, 6.07) is 16.5. The fourth-order valence-electron chi connectivity index (χ4n) is 3.18. The van der Waals surface area contributed by atoms with Crippen LogP contribution in [-0.4, -0.2) is 29.3 Å². The van der Waals surface area contributed by atoms with Crippen molar-refractivity contribution in [3.05, 3.63) is 60.2 Å². The molecule has 1 fully saturated rings. The average Bonchev–Trinajstić information content (AvgIpc) is 2.92. The minimum absolute atomic E-state index is 0.0597. The van der Waals surface area contributed by atoms with E-state index in [4.69, 9.17) is 10.5 Å². The molecule has 1 aliphatic heterocycles. The van der Waals surface area contributed by atoms with Gasteiger partial charge in [-0.15, -0.1) is 0 Å². The average molecular weight is 338 g/mol. The topological polar surface area (TPSA) is 72.6 Å². The van der Waals surface area contributed by atoms with Crippen molar-refractivity contribution < 1.29 is 14.3 Å². The lowest BCUT2D eigenvalue weighted by atomic mass is 9.81. The van der Waals surface area contributed by atoms with Crippen LogP contribution in [-0.2, 0) is 15.0 Å².